The molecule has 0 spiro atoms. The van der Waals surface area contributed by atoms with Gasteiger partial charge in [-0.05, 0) is 51.9 Å². The van der Waals surface area contributed by atoms with Gasteiger partial charge < -0.3 is 14.5 Å². The lowest BCUT2D eigenvalue weighted by molar-refractivity contribution is 0.0956. The fraction of sp³-hybridized carbons (Fsp3) is 0.632. The van der Waals surface area contributed by atoms with E-state index >= 15 is 0 Å². The minimum atomic E-state index is 0.179. The second kappa shape index (κ2) is 8.92. The van der Waals surface area contributed by atoms with E-state index in [0.717, 1.165) is 38.4 Å². The standard InChI is InChI=1S/C19H30N2O2/c1-4-21(5-2)16-9-10-17(19(15-16)23-3)18(22)11-14-20-12-7-6-8-13-20/h9-10,15H,4-8,11-14H2,1-3H3. The minimum Gasteiger partial charge on any atom is -0.496 e. The van der Waals surface area contributed by atoms with Crippen molar-refractivity contribution in [3.8, 4) is 5.75 Å². The van der Waals surface area contributed by atoms with Gasteiger partial charge in [0.05, 0.1) is 12.7 Å². The summed E-state index contributed by atoms with van der Waals surface area (Å²) in [4.78, 5) is 17.2. The first-order chi connectivity index (χ1) is 11.2. The van der Waals surface area contributed by atoms with Crippen LogP contribution < -0.4 is 9.64 Å². The van der Waals surface area contributed by atoms with Gasteiger partial charge in [0.15, 0.2) is 5.78 Å². The van der Waals surface area contributed by atoms with Crippen molar-refractivity contribution in [3.63, 3.8) is 0 Å². The normalized spacial score (nSPS) is 15.4. The summed E-state index contributed by atoms with van der Waals surface area (Å²) in [5, 5.41) is 0. The second-order valence-electron chi connectivity index (χ2n) is 6.13. The predicted molar refractivity (Wildman–Crippen MR) is 95.8 cm³/mol. The number of anilines is 1. The molecule has 0 unspecified atom stereocenters. The highest BCUT2D eigenvalue weighted by molar-refractivity contribution is 5.99. The molecule has 23 heavy (non-hydrogen) atoms. The van der Waals surface area contributed by atoms with Crippen molar-refractivity contribution in [3.05, 3.63) is 23.8 Å². The Morgan fingerprint density at radius 3 is 2.48 bits per heavy atom. The Hall–Kier alpha value is -1.55. The molecule has 1 aliphatic heterocycles. The Kier molecular flexibility index (Phi) is 6.90. The minimum absolute atomic E-state index is 0.179. The number of methoxy groups -OCH3 is 1. The van der Waals surface area contributed by atoms with Crippen LogP contribution in [0.25, 0.3) is 0 Å². The van der Waals surface area contributed by atoms with Crippen molar-refractivity contribution in [2.24, 2.45) is 0 Å². The number of ether oxygens (including phenoxy) is 1. The molecule has 1 heterocycles. The molecule has 0 aromatic heterocycles. The Labute approximate surface area is 140 Å². The first kappa shape index (κ1) is 17.8. The third-order valence-corrected chi connectivity index (χ3v) is 4.72. The summed E-state index contributed by atoms with van der Waals surface area (Å²) in [6, 6.07) is 5.94. The molecule has 1 fully saturated rings. The number of piperidine rings is 1. The maximum Gasteiger partial charge on any atom is 0.167 e. The van der Waals surface area contributed by atoms with Gasteiger partial charge in [0.2, 0.25) is 0 Å². The van der Waals surface area contributed by atoms with Gasteiger partial charge in [-0.15, -0.1) is 0 Å². The molecule has 1 saturated heterocycles. The topological polar surface area (TPSA) is 32.8 Å². The third-order valence-electron chi connectivity index (χ3n) is 4.72. The maximum absolute atomic E-state index is 12.6. The Bertz CT molecular complexity index is 506. The molecule has 0 radical (unpaired) electrons. The van der Waals surface area contributed by atoms with E-state index in [1.54, 1.807) is 7.11 Å². The summed E-state index contributed by atoms with van der Waals surface area (Å²) in [6.45, 7) is 9.28. The van der Waals surface area contributed by atoms with Gasteiger partial charge in [-0.1, -0.05) is 6.42 Å². The van der Waals surface area contributed by atoms with Crippen molar-refractivity contribution in [1.29, 1.82) is 0 Å². The third kappa shape index (κ3) is 4.71. The lowest BCUT2D eigenvalue weighted by atomic mass is 10.0. The van der Waals surface area contributed by atoms with Gasteiger partial charge in [0, 0.05) is 37.8 Å². The van der Waals surface area contributed by atoms with Crippen molar-refractivity contribution < 1.29 is 9.53 Å². The molecule has 0 N–H and O–H groups in total. The van der Waals surface area contributed by atoms with E-state index in [-0.39, 0.29) is 5.78 Å². The lowest BCUT2D eigenvalue weighted by Gasteiger charge is -2.26. The SMILES string of the molecule is CCN(CC)c1ccc(C(=O)CCN2CCCCC2)c(OC)c1. The quantitative estimate of drug-likeness (QED) is 0.686. The van der Waals surface area contributed by atoms with Gasteiger partial charge in [0.1, 0.15) is 5.75 Å². The van der Waals surface area contributed by atoms with Gasteiger partial charge >= 0.3 is 0 Å². The Balaban J connectivity index is 2.03. The summed E-state index contributed by atoms with van der Waals surface area (Å²) in [7, 11) is 1.64. The van der Waals surface area contributed by atoms with Crippen LogP contribution in [0.15, 0.2) is 18.2 Å². The largest absolute Gasteiger partial charge is 0.496 e. The number of hydrogen-bond donors (Lipinski definition) is 0. The summed E-state index contributed by atoms with van der Waals surface area (Å²) >= 11 is 0. The van der Waals surface area contributed by atoms with Crippen LogP contribution in [0.2, 0.25) is 0 Å². The molecule has 0 amide bonds. The molecule has 0 aliphatic carbocycles. The zero-order valence-corrected chi connectivity index (χ0v) is 14.8. The number of rotatable bonds is 8. The van der Waals surface area contributed by atoms with Crippen LogP contribution in [-0.4, -0.2) is 50.5 Å². The van der Waals surface area contributed by atoms with E-state index in [9.17, 15) is 4.79 Å². The first-order valence-corrected chi connectivity index (χ1v) is 8.88. The van der Waals surface area contributed by atoms with E-state index in [1.165, 1.54) is 19.3 Å². The van der Waals surface area contributed by atoms with E-state index in [4.69, 9.17) is 4.74 Å². The molecular formula is C19H30N2O2. The van der Waals surface area contributed by atoms with Gasteiger partial charge in [-0.2, -0.15) is 0 Å². The molecule has 2 rings (SSSR count). The fourth-order valence-corrected chi connectivity index (χ4v) is 3.27. The van der Waals surface area contributed by atoms with E-state index < -0.39 is 0 Å². The molecule has 0 atom stereocenters. The van der Waals surface area contributed by atoms with Crippen molar-refractivity contribution in [2.75, 3.05) is 44.7 Å². The number of Topliss-reactive ketones (excluding diaryl/α,β-unsaturated/α-hetero) is 1. The molecule has 128 valence electrons. The molecule has 4 heteroatoms. The average molecular weight is 318 g/mol. The number of benzene rings is 1. The second-order valence-corrected chi connectivity index (χ2v) is 6.13. The van der Waals surface area contributed by atoms with E-state index in [2.05, 4.69) is 23.6 Å². The zero-order chi connectivity index (χ0) is 16.7. The maximum atomic E-state index is 12.6. The molecular weight excluding hydrogens is 288 g/mol. The smallest absolute Gasteiger partial charge is 0.167 e. The Morgan fingerprint density at radius 2 is 1.87 bits per heavy atom. The monoisotopic (exact) mass is 318 g/mol. The highest BCUT2D eigenvalue weighted by Crippen LogP contribution is 2.27. The van der Waals surface area contributed by atoms with Crippen LogP contribution in [0.1, 0.15) is 49.9 Å². The molecule has 0 bridgehead atoms. The Morgan fingerprint density at radius 1 is 1.17 bits per heavy atom. The van der Waals surface area contributed by atoms with Crippen LogP contribution in [0.5, 0.6) is 5.75 Å². The highest BCUT2D eigenvalue weighted by atomic mass is 16.5. The van der Waals surface area contributed by atoms with Crippen molar-refractivity contribution in [2.45, 2.75) is 39.5 Å². The molecule has 1 aromatic rings. The van der Waals surface area contributed by atoms with Crippen LogP contribution in [-0.2, 0) is 0 Å². The summed E-state index contributed by atoms with van der Waals surface area (Å²) in [6.07, 6.45) is 4.41. The lowest BCUT2D eigenvalue weighted by Crippen LogP contribution is -2.31. The number of carbonyl (C=O) groups is 1. The van der Waals surface area contributed by atoms with E-state index in [0.29, 0.717) is 17.7 Å². The summed E-state index contributed by atoms with van der Waals surface area (Å²) in [5.41, 5.74) is 1.82. The fourth-order valence-electron chi connectivity index (χ4n) is 3.27. The zero-order valence-electron chi connectivity index (χ0n) is 14.8. The van der Waals surface area contributed by atoms with Crippen LogP contribution in [0.4, 0.5) is 5.69 Å². The molecule has 1 aliphatic rings. The van der Waals surface area contributed by atoms with Crippen LogP contribution >= 0.6 is 0 Å². The van der Waals surface area contributed by atoms with Crippen LogP contribution in [0.3, 0.4) is 0 Å². The van der Waals surface area contributed by atoms with E-state index in [1.807, 2.05) is 18.2 Å². The molecule has 1 aromatic carbocycles. The van der Waals surface area contributed by atoms with Crippen molar-refractivity contribution >= 4 is 11.5 Å². The van der Waals surface area contributed by atoms with Crippen molar-refractivity contribution in [1.82, 2.24) is 4.90 Å². The molecule has 0 saturated carbocycles. The average Bonchev–Trinajstić information content (AvgIpc) is 2.61. The number of ketones is 1. The number of nitrogens with zero attached hydrogens (tertiary/aromatic N) is 2. The first-order valence-electron chi connectivity index (χ1n) is 8.88. The van der Waals surface area contributed by atoms with Gasteiger partial charge in [-0.3, -0.25) is 4.79 Å². The van der Waals surface area contributed by atoms with Crippen LogP contribution in [0, 0.1) is 0 Å². The number of carbonyl (C=O) groups excluding carboxylic acids is 1. The number of likely N-dealkylation sites (tertiary alicyclic amines) is 1. The summed E-state index contributed by atoms with van der Waals surface area (Å²) in [5.74, 6) is 0.872. The highest BCUT2D eigenvalue weighted by Gasteiger charge is 2.17. The predicted octanol–water partition coefficient (Wildman–Crippen LogP) is 3.60. The summed E-state index contributed by atoms with van der Waals surface area (Å²) < 4.78 is 5.48. The molecule has 4 nitrogen and oxygen atoms in total. The van der Waals surface area contributed by atoms with Gasteiger partial charge in [-0.25, -0.2) is 0 Å². The van der Waals surface area contributed by atoms with Gasteiger partial charge in [0.25, 0.3) is 0 Å². The number of hydrogen-bond acceptors (Lipinski definition) is 4.